The highest BCUT2D eigenvalue weighted by Gasteiger charge is 2.54. The maximum Gasteiger partial charge on any atom is 0.200 e. The number of fused-ring (bicyclic) bond motifs is 4. The first-order chi connectivity index (χ1) is 16.5. The molecule has 0 saturated carbocycles. The number of nitrogens with zero attached hydrogens (tertiary/aromatic N) is 1. The number of nitrogen functional groups attached to an aromatic ring is 1. The molecular weight excluding hydrogens is 432 g/mol. The van der Waals surface area contributed by atoms with E-state index in [9.17, 15) is 0 Å². The molecule has 3 heterocycles. The normalized spacial score (nSPS) is 25.5. The third-order valence-corrected chi connectivity index (χ3v) is 6.90. The number of hydrogen-bond acceptors (Lipinski definition) is 8. The van der Waals surface area contributed by atoms with Gasteiger partial charge in [0.1, 0.15) is 22.8 Å². The molecule has 0 radical (unpaired) electrons. The molecule has 34 heavy (non-hydrogen) atoms. The number of anilines is 2. The lowest BCUT2D eigenvalue weighted by Gasteiger charge is -2.39. The van der Waals surface area contributed by atoms with Crippen molar-refractivity contribution in [3.63, 3.8) is 0 Å². The quantitative estimate of drug-likeness (QED) is 0.513. The standard InChI is InChI=1S/C26H28N4O4/c1-31-20-4-2-3-17(13-20)26(28)29-25(16-33-26)21-14-18(27)5-7-23(21)34-24-8-6-19(15-22(24)25)30-9-11-32-12-10-30/h2-8,13-15,29H,9-12,16,27-28H2,1H3. The smallest absolute Gasteiger partial charge is 0.200 e. The van der Waals surface area contributed by atoms with Crippen molar-refractivity contribution in [2.24, 2.45) is 5.73 Å². The van der Waals surface area contributed by atoms with Gasteiger partial charge in [0.05, 0.1) is 26.9 Å². The maximum atomic E-state index is 6.85. The minimum absolute atomic E-state index is 0.306. The lowest BCUT2D eigenvalue weighted by Crippen LogP contribution is -2.54. The minimum atomic E-state index is -1.24. The first-order valence-corrected chi connectivity index (χ1v) is 11.4. The zero-order valence-corrected chi connectivity index (χ0v) is 19.0. The summed E-state index contributed by atoms with van der Waals surface area (Å²) in [6.07, 6.45) is 0. The predicted molar refractivity (Wildman–Crippen MR) is 129 cm³/mol. The summed E-state index contributed by atoms with van der Waals surface area (Å²) in [5, 5.41) is 3.64. The summed E-state index contributed by atoms with van der Waals surface area (Å²) in [5.41, 5.74) is 16.7. The first-order valence-electron chi connectivity index (χ1n) is 11.4. The van der Waals surface area contributed by atoms with E-state index in [1.54, 1.807) is 7.11 Å². The van der Waals surface area contributed by atoms with Crippen LogP contribution in [-0.2, 0) is 20.9 Å². The van der Waals surface area contributed by atoms with E-state index in [0.717, 1.165) is 47.0 Å². The number of benzene rings is 3. The monoisotopic (exact) mass is 460 g/mol. The summed E-state index contributed by atoms with van der Waals surface area (Å²) in [6.45, 7) is 3.40. The van der Waals surface area contributed by atoms with Gasteiger partial charge < -0.3 is 29.6 Å². The number of nitrogens with one attached hydrogen (secondary N) is 1. The Morgan fingerprint density at radius 2 is 1.74 bits per heavy atom. The van der Waals surface area contributed by atoms with Gasteiger partial charge in [-0.3, -0.25) is 11.1 Å². The largest absolute Gasteiger partial charge is 0.497 e. The molecule has 0 amide bonds. The van der Waals surface area contributed by atoms with Crippen LogP contribution in [0, 0.1) is 0 Å². The maximum absolute atomic E-state index is 6.85. The summed E-state index contributed by atoms with van der Waals surface area (Å²) < 4.78 is 23.6. The lowest BCUT2D eigenvalue weighted by molar-refractivity contribution is -0.00934. The molecule has 2 atom stereocenters. The van der Waals surface area contributed by atoms with Crippen molar-refractivity contribution >= 4 is 11.4 Å². The van der Waals surface area contributed by atoms with Crippen LogP contribution in [0.4, 0.5) is 11.4 Å². The SMILES string of the molecule is COc1cccc(C2(N)NC3(CO2)c2cc(N)ccc2Oc2ccc(N4CCOCC4)cc23)c1. The Balaban J connectivity index is 1.49. The van der Waals surface area contributed by atoms with Crippen LogP contribution in [0.5, 0.6) is 17.2 Å². The molecule has 6 rings (SSSR count). The van der Waals surface area contributed by atoms with Crippen molar-refractivity contribution in [3.8, 4) is 17.2 Å². The Kier molecular flexibility index (Phi) is 4.93. The second-order valence-electron chi connectivity index (χ2n) is 8.92. The van der Waals surface area contributed by atoms with Gasteiger partial charge >= 0.3 is 0 Å². The summed E-state index contributed by atoms with van der Waals surface area (Å²) in [5.74, 6) is 0.965. The highest BCUT2D eigenvalue weighted by molar-refractivity contribution is 5.65. The third-order valence-electron chi connectivity index (χ3n) is 6.90. The van der Waals surface area contributed by atoms with Crippen LogP contribution < -0.4 is 31.2 Å². The number of methoxy groups -OCH3 is 1. The van der Waals surface area contributed by atoms with Crippen LogP contribution in [0.15, 0.2) is 60.7 Å². The minimum Gasteiger partial charge on any atom is -0.497 e. The number of ether oxygens (including phenoxy) is 4. The molecule has 3 aromatic rings. The Hall–Kier alpha value is -3.30. The summed E-state index contributed by atoms with van der Waals surface area (Å²) >= 11 is 0. The molecule has 0 aliphatic carbocycles. The zero-order chi connectivity index (χ0) is 23.3. The molecule has 3 aromatic carbocycles. The van der Waals surface area contributed by atoms with E-state index < -0.39 is 11.4 Å². The van der Waals surface area contributed by atoms with Crippen LogP contribution >= 0.6 is 0 Å². The van der Waals surface area contributed by atoms with Crippen molar-refractivity contribution in [1.29, 1.82) is 0 Å². The van der Waals surface area contributed by atoms with Gasteiger partial charge in [0.2, 0.25) is 5.85 Å². The molecule has 2 fully saturated rings. The first kappa shape index (κ1) is 21.2. The molecule has 8 nitrogen and oxygen atoms in total. The van der Waals surface area contributed by atoms with Crippen molar-refractivity contribution in [2.45, 2.75) is 11.4 Å². The van der Waals surface area contributed by atoms with Gasteiger partial charge in [0, 0.05) is 41.2 Å². The van der Waals surface area contributed by atoms with E-state index in [-0.39, 0.29) is 0 Å². The third kappa shape index (κ3) is 3.30. The molecule has 3 aliphatic rings. The van der Waals surface area contributed by atoms with Crippen LogP contribution in [0.2, 0.25) is 0 Å². The topological polar surface area (TPSA) is 104 Å². The number of hydrogen-bond donors (Lipinski definition) is 3. The number of nitrogens with two attached hydrogens (primary N) is 2. The van der Waals surface area contributed by atoms with Crippen LogP contribution in [0.25, 0.3) is 0 Å². The Bertz CT molecular complexity index is 1250. The van der Waals surface area contributed by atoms with Gasteiger partial charge in [-0.15, -0.1) is 0 Å². The highest BCUT2D eigenvalue weighted by Crippen LogP contribution is 2.52. The Morgan fingerprint density at radius 1 is 0.971 bits per heavy atom. The molecular formula is C26H28N4O4. The molecule has 176 valence electrons. The fourth-order valence-electron chi connectivity index (χ4n) is 5.10. The molecule has 8 heteroatoms. The zero-order valence-electron chi connectivity index (χ0n) is 19.0. The predicted octanol–water partition coefficient (Wildman–Crippen LogP) is 2.85. The average molecular weight is 461 g/mol. The molecule has 3 aliphatic heterocycles. The molecule has 5 N–H and O–H groups in total. The highest BCUT2D eigenvalue weighted by atomic mass is 16.5. The average Bonchev–Trinajstić information content (AvgIpc) is 3.24. The van der Waals surface area contributed by atoms with Gasteiger partial charge in [-0.25, -0.2) is 0 Å². The Labute approximate surface area is 198 Å². The van der Waals surface area contributed by atoms with E-state index in [1.807, 2.05) is 48.5 Å². The lowest BCUT2D eigenvalue weighted by atomic mass is 9.80. The van der Waals surface area contributed by atoms with Gasteiger partial charge in [0.25, 0.3) is 0 Å². The van der Waals surface area contributed by atoms with Crippen LogP contribution in [0.3, 0.4) is 0 Å². The second-order valence-corrected chi connectivity index (χ2v) is 8.92. The van der Waals surface area contributed by atoms with Crippen molar-refractivity contribution in [1.82, 2.24) is 5.32 Å². The summed E-state index contributed by atoms with van der Waals surface area (Å²) in [6, 6.07) is 19.6. The molecule has 2 saturated heterocycles. The van der Waals surface area contributed by atoms with E-state index >= 15 is 0 Å². The summed E-state index contributed by atoms with van der Waals surface area (Å²) in [7, 11) is 1.63. The van der Waals surface area contributed by atoms with Crippen molar-refractivity contribution in [2.75, 3.05) is 50.7 Å². The van der Waals surface area contributed by atoms with Gasteiger partial charge in [-0.1, -0.05) is 12.1 Å². The van der Waals surface area contributed by atoms with Crippen molar-refractivity contribution < 1.29 is 18.9 Å². The van der Waals surface area contributed by atoms with E-state index in [2.05, 4.69) is 22.3 Å². The van der Waals surface area contributed by atoms with Gasteiger partial charge in [-0.05, 0) is 48.5 Å². The fourth-order valence-corrected chi connectivity index (χ4v) is 5.10. The van der Waals surface area contributed by atoms with Gasteiger partial charge in [-0.2, -0.15) is 0 Å². The van der Waals surface area contributed by atoms with Crippen molar-refractivity contribution in [3.05, 3.63) is 77.4 Å². The molecule has 2 unspecified atom stereocenters. The van der Waals surface area contributed by atoms with Crippen LogP contribution in [-0.4, -0.2) is 40.0 Å². The fraction of sp³-hybridized carbons (Fsp3) is 0.308. The van der Waals surface area contributed by atoms with E-state index in [1.165, 1.54) is 0 Å². The van der Waals surface area contributed by atoms with Gasteiger partial charge in [0.15, 0.2) is 0 Å². The second kappa shape index (κ2) is 7.89. The van der Waals surface area contributed by atoms with E-state index in [0.29, 0.717) is 31.3 Å². The van der Waals surface area contributed by atoms with Crippen LogP contribution in [0.1, 0.15) is 16.7 Å². The molecule has 1 spiro atoms. The molecule has 0 bridgehead atoms. The summed E-state index contributed by atoms with van der Waals surface area (Å²) in [4.78, 5) is 2.32. The van der Waals surface area contributed by atoms with E-state index in [4.69, 9.17) is 30.4 Å². The number of rotatable bonds is 3. The Morgan fingerprint density at radius 3 is 2.53 bits per heavy atom. The number of morpholine rings is 1. The molecule has 0 aromatic heterocycles.